The van der Waals surface area contributed by atoms with E-state index < -0.39 is 11.0 Å². The predicted octanol–water partition coefficient (Wildman–Crippen LogP) is 1.79. The van der Waals surface area contributed by atoms with Crippen LogP contribution in [0.15, 0.2) is 16.9 Å². The monoisotopic (exact) mass is 216 g/mol. The third kappa shape index (κ3) is 2.92. The van der Waals surface area contributed by atoms with E-state index in [1.54, 1.807) is 6.20 Å². The van der Waals surface area contributed by atoms with E-state index in [1.165, 1.54) is 6.26 Å². The fraction of sp³-hybridized carbons (Fsp3) is 0.667. The summed E-state index contributed by atoms with van der Waals surface area (Å²) in [7, 11) is -1.10. The lowest BCUT2D eigenvalue weighted by molar-refractivity contribution is 0.448. The SMILES string of the molecule is C[C@H](N[S@@](=O)C(C)(C)C)c1ncco1. The van der Waals surface area contributed by atoms with Crippen LogP contribution in [-0.4, -0.2) is 13.9 Å². The fourth-order valence-corrected chi connectivity index (χ4v) is 1.61. The van der Waals surface area contributed by atoms with Crippen molar-refractivity contribution in [2.24, 2.45) is 0 Å². The maximum atomic E-state index is 11.7. The normalized spacial score (nSPS) is 16.6. The van der Waals surface area contributed by atoms with Crippen LogP contribution in [0.4, 0.5) is 0 Å². The standard InChI is InChI=1S/C9H16N2O2S/c1-7(8-10-5-6-13-8)11-14(12)9(2,3)4/h5-7,11H,1-4H3/t7-,14-/m0/s1. The van der Waals surface area contributed by atoms with E-state index in [1.807, 2.05) is 27.7 Å². The van der Waals surface area contributed by atoms with Crippen molar-refractivity contribution in [1.29, 1.82) is 0 Å². The van der Waals surface area contributed by atoms with Gasteiger partial charge in [0.15, 0.2) is 0 Å². The number of hydrogen-bond donors (Lipinski definition) is 1. The minimum absolute atomic E-state index is 0.134. The summed E-state index contributed by atoms with van der Waals surface area (Å²) in [6.07, 6.45) is 3.08. The number of nitrogens with one attached hydrogen (secondary N) is 1. The second kappa shape index (κ2) is 4.23. The lowest BCUT2D eigenvalue weighted by Gasteiger charge is -2.20. The van der Waals surface area contributed by atoms with Crippen LogP contribution in [0.1, 0.15) is 39.6 Å². The molecule has 14 heavy (non-hydrogen) atoms. The highest BCUT2D eigenvalue weighted by Crippen LogP contribution is 2.15. The number of hydrogen-bond acceptors (Lipinski definition) is 3. The van der Waals surface area contributed by atoms with E-state index in [0.717, 1.165) is 0 Å². The highest BCUT2D eigenvalue weighted by Gasteiger charge is 2.22. The van der Waals surface area contributed by atoms with Gasteiger partial charge in [0.1, 0.15) is 6.26 Å². The van der Waals surface area contributed by atoms with Crippen LogP contribution in [0.2, 0.25) is 0 Å². The molecule has 1 N–H and O–H groups in total. The molecule has 1 aromatic rings. The molecule has 0 fully saturated rings. The molecule has 80 valence electrons. The first-order chi connectivity index (χ1) is 6.41. The molecule has 0 radical (unpaired) electrons. The lowest BCUT2D eigenvalue weighted by atomic mass is 10.3. The largest absolute Gasteiger partial charge is 0.447 e. The Morgan fingerprint density at radius 3 is 2.64 bits per heavy atom. The zero-order valence-electron chi connectivity index (χ0n) is 8.90. The molecule has 0 aliphatic carbocycles. The number of nitrogens with zero attached hydrogens (tertiary/aromatic N) is 1. The van der Waals surface area contributed by atoms with Gasteiger partial charge in [-0.1, -0.05) is 0 Å². The summed E-state index contributed by atoms with van der Waals surface area (Å²) in [5, 5.41) is 0. The van der Waals surface area contributed by atoms with Gasteiger partial charge < -0.3 is 4.42 Å². The van der Waals surface area contributed by atoms with E-state index in [-0.39, 0.29) is 10.8 Å². The molecule has 4 nitrogen and oxygen atoms in total. The maximum absolute atomic E-state index is 11.7. The summed E-state index contributed by atoms with van der Waals surface area (Å²) in [6.45, 7) is 7.62. The van der Waals surface area contributed by atoms with Crippen molar-refractivity contribution in [2.45, 2.75) is 38.5 Å². The first kappa shape index (κ1) is 11.4. The molecule has 1 heterocycles. The number of oxazole rings is 1. The Balaban J connectivity index is 2.58. The van der Waals surface area contributed by atoms with E-state index in [2.05, 4.69) is 9.71 Å². The Morgan fingerprint density at radius 2 is 2.21 bits per heavy atom. The van der Waals surface area contributed by atoms with E-state index in [9.17, 15) is 4.21 Å². The van der Waals surface area contributed by atoms with Crippen molar-refractivity contribution in [3.05, 3.63) is 18.4 Å². The number of rotatable bonds is 3. The summed E-state index contributed by atoms with van der Waals surface area (Å²) < 4.78 is 19.5. The lowest BCUT2D eigenvalue weighted by Crippen LogP contribution is -2.34. The first-order valence-corrected chi connectivity index (χ1v) is 5.63. The zero-order valence-corrected chi connectivity index (χ0v) is 9.72. The molecule has 0 spiro atoms. The smallest absolute Gasteiger partial charge is 0.211 e. The van der Waals surface area contributed by atoms with Gasteiger partial charge in [-0.2, -0.15) is 0 Å². The van der Waals surface area contributed by atoms with Crippen molar-refractivity contribution in [1.82, 2.24) is 9.71 Å². The van der Waals surface area contributed by atoms with Crippen molar-refractivity contribution >= 4 is 11.0 Å². The molecule has 0 saturated heterocycles. The molecule has 0 bridgehead atoms. The predicted molar refractivity (Wildman–Crippen MR) is 55.9 cm³/mol. The average molecular weight is 216 g/mol. The molecule has 0 aromatic carbocycles. The van der Waals surface area contributed by atoms with Crippen LogP contribution in [0, 0.1) is 0 Å². The molecule has 2 atom stereocenters. The van der Waals surface area contributed by atoms with Crippen LogP contribution >= 0.6 is 0 Å². The Hall–Kier alpha value is -0.680. The van der Waals surface area contributed by atoms with Gasteiger partial charge in [-0.05, 0) is 27.7 Å². The van der Waals surface area contributed by atoms with Crippen LogP contribution in [-0.2, 0) is 11.0 Å². The quantitative estimate of drug-likeness (QED) is 0.838. The van der Waals surface area contributed by atoms with Crippen LogP contribution in [0.3, 0.4) is 0 Å². The first-order valence-electron chi connectivity index (χ1n) is 4.48. The molecule has 5 heteroatoms. The number of aromatic nitrogens is 1. The molecule has 0 unspecified atom stereocenters. The third-order valence-corrected chi connectivity index (χ3v) is 3.34. The van der Waals surface area contributed by atoms with Gasteiger partial charge in [0.25, 0.3) is 0 Å². The Kier molecular flexibility index (Phi) is 3.44. The molecule has 0 saturated carbocycles. The fourth-order valence-electron chi connectivity index (χ4n) is 0.836. The summed E-state index contributed by atoms with van der Waals surface area (Å²) >= 11 is 0. The third-order valence-electron chi connectivity index (χ3n) is 1.66. The summed E-state index contributed by atoms with van der Waals surface area (Å²) in [6, 6.07) is -0.134. The van der Waals surface area contributed by atoms with Crippen molar-refractivity contribution in [3.8, 4) is 0 Å². The molecule has 0 amide bonds. The van der Waals surface area contributed by atoms with Crippen LogP contribution < -0.4 is 4.72 Å². The van der Waals surface area contributed by atoms with Gasteiger partial charge in [0, 0.05) is 0 Å². The molecular weight excluding hydrogens is 200 g/mol. The topological polar surface area (TPSA) is 55.1 Å². The summed E-state index contributed by atoms with van der Waals surface area (Å²) in [4.78, 5) is 3.99. The minimum atomic E-state index is -1.10. The highest BCUT2D eigenvalue weighted by atomic mass is 32.2. The summed E-state index contributed by atoms with van der Waals surface area (Å²) in [5.41, 5.74) is 0. The van der Waals surface area contributed by atoms with Gasteiger partial charge in [0.05, 0.1) is 28.0 Å². The molecular formula is C9H16N2O2S. The molecule has 0 aliphatic rings. The van der Waals surface area contributed by atoms with E-state index in [4.69, 9.17) is 4.42 Å². The Labute approximate surface area is 86.7 Å². The van der Waals surface area contributed by atoms with Crippen LogP contribution in [0.25, 0.3) is 0 Å². The Morgan fingerprint density at radius 1 is 1.57 bits per heavy atom. The average Bonchev–Trinajstić information content (AvgIpc) is 2.53. The summed E-state index contributed by atoms with van der Waals surface area (Å²) in [5.74, 6) is 0.558. The van der Waals surface area contributed by atoms with Gasteiger partial charge in [-0.15, -0.1) is 0 Å². The zero-order chi connectivity index (χ0) is 10.8. The molecule has 1 rings (SSSR count). The van der Waals surface area contributed by atoms with Crippen molar-refractivity contribution < 1.29 is 8.63 Å². The van der Waals surface area contributed by atoms with Gasteiger partial charge in [-0.3, -0.25) is 0 Å². The van der Waals surface area contributed by atoms with Crippen molar-refractivity contribution in [3.63, 3.8) is 0 Å². The van der Waals surface area contributed by atoms with Crippen molar-refractivity contribution in [2.75, 3.05) is 0 Å². The minimum Gasteiger partial charge on any atom is -0.447 e. The van der Waals surface area contributed by atoms with Gasteiger partial charge in [-0.25, -0.2) is 13.9 Å². The van der Waals surface area contributed by atoms with E-state index in [0.29, 0.717) is 5.89 Å². The second-order valence-corrected chi connectivity index (χ2v) is 6.09. The Bertz CT molecular complexity index is 303. The second-order valence-electron chi connectivity index (χ2n) is 4.09. The molecule has 0 aliphatic heterocycles. The van der Waals surface area contributed by atoms with E-state index >= 15 is 0 Å². The maximum Gasteiger partial charge on any atom is 0.211 e. The van der Waals surface area contributed by atoms with Gasteiger partial charge in [0.2, 0.25) is 5.89 Å². The highest BCUT2D eigenvalue weighted by molar-refractivity contribution is 7.84. The molecule has 1 aromatic heterocycles. The van der Waals surface area contributed by atoms with Crippen LogP contribution in [0.5, 0.6) is 0 Å². The van der Waals surface area contributed by atoms with Gasteiger partial charge >= 0.3 is 0 Å².